The van der Waals surface area contributed by atoms with Crippen LogP contribution in [0.4, 0.5) is 0 Å². The van der Waals surface area contributed by atoms with E-state index in [9.17, 15) is 4.79 Å². The quantitative estimate of drug-likeness (QED) is 0.857. The highest BCUT2D eigenvalue weighted by molar-refractivity contribution is 9.10. The molecule has 0 bridgehead atoms. The standard InChI is InChI=1S/C9H9BrO3/c10-7-5-6(1-3-8(7)11)2-4-9(12)13/h1,3,5,11H,2,4H2,(H,12,13). The van der Waals surface area contributed by atoms with Gasteiger partial charge in [-0.3, -0.25) is 4.79 Å². The molecular weight excluding hydrogens is 236 g/mol. The first-order valence-corrected chi connectivity index (χ1v) is 4.58. The van der Waals surface area contributed by atoms with Crippen molar-refractivity contribution < 1.29 is 15.0 Å². The molecule has 13 heavy (non-hydrogen) atoms. The predicted octanol–water partition coefficient (Wildman–Crippen LogP) is 2.17. The third kappa shape index (κ3) is 3.06. The SMILES string of the molecule is O=C(O)CCc1ccc(O)c(Br)c1. The van der Waals surface area contributed by atoms with Gasteiger partial charge in [-0.2, -0.15) is 0 Å². The molecule has 0 spiro atoms. The molecule has 4 heteroatoms. The van der Waals surface area contributed by atoms with Crippen LogP contribution in [0.2, 0.25) is 0 Å². The molecule has 0 aliphatic rings. The topological polar surface area (TPSA) is 57.5 Å². The van der Waals surface area contributed by atoms with Gasteiger partial charge in [0.2, 0.25) is 0 Å². The first-order chi connectivity index (χ1) is 6.09. The maximum atomic E-state index is 10.3. The summed E-state index contributed by atoms with van der Waals surface area (Å²) < 4.78 is 0.593. The number of carboxylic acids is 1. The van der Waals surface area contributed by atoms with Gasteiger partial charge in [0.25, 0.3) is 0 Å². The molecule has 3 nitrogen and oxygen atoms in total. The Morgan fingerprint density at radius 2 is 2.15 bits per heavy atom. The van der Waals surface area contributed by atoms with E-state index in [0.29, 0.717) is 10.9 Å². The maximum Gasteiger partial charge on any atom is 0.303 e. The van der Waals surface area contributed by atoms with Crippen molar-refractivity contribution in [2.24, 2.45) is 0 Å². The van der Waals surface area contributed by atoms with Crippen LogP contribution in [0.3, 0.4) is 0 Å². The third-order valence-corrected chi connectivity index (χ3v) is 2.27. The van der Waals surface area contributed by atoms with Crippen molar-refractivity contribution in [3.05, 3.63) is 28.2 Å². The van der Waals surface area contributed by atoms with Crippen LogP contribution in [-0.4, -0.2) is 16.2 Å². The second-order valence-electron chi connectivity index (χ2n) is 2.68. The van der Waals surface area contributed by atoms with E-state index in [1.165, 1.54) is 0 Å². The van der Waals surface area contributed by atoms with Crippen molar-refractivity contribution in [1.82, 2.24) is 0 Å². The molecule has 0 fully saturated rings. The number of aromatic hydroxyl groups is 1. The van der Waals surface area contributed by atoms with E-state index in [0.717, 1.165) is 5.56 Å². The summed E-state index contributed by atoms with van der Waals surface area (Å²) in [5, 5.41) is 17.6. The Bertz CT molecular complexity index is 323. The van der Waals surface area contributed by atoms with Crippen molar-refractivity contribution in [2.45, 2.75) is 12.8 Å². The average molecular weight is 245 g/mol. The molecule has 1 aromatic carbocycles. The van der Waals surface area contributed by atoms with Gasteiger partial charge in [-0.1, -0.05) is 6.07 Å². The zero-order chi connectivity index (χ0) is 9.84. The smallest absolute Gasteiger partial charge is 0.303 e. The minimum Gasteiger partial charge on any atom is -0.507 e. The lowest BCUT2D eigenvalue weighted by atomic mass is 10.1. The third-order valence-electron chi connectivity index (χ3n) is 1.64. The fourth-order valence-corrected chi connectivity index (χ4v) is 1.38. The molecule has 1 aromatic rings. The molecule has 70 valence electrons. The number of carboxylic acid groups (broad SMARTS) is 1. The van der Waals surface area contributed by atoms with Crippen LogP contribution < -0.4 is 0 Å². The minimum atomic E-state index is -0.816. The summed E-state index contributed by atoms with van der Waals surface area (Å²) >= 11 is 3.16. The van der Waals surface area contributed by atoms with Crippen LogP contribution in [0.25, 0.3) is 0 Å². The number of phenolic OH excluding ortho intramolecular Hbond substituents is 1. The lowest BCUT2D eigenvalue weighted by Crippen LogP contribution is -1.97. The number of hydrogen-bond acceptors (Lipinski definition) is 2. The molecular formula is C9H9BrO3. The molecule has 0 atom stereocenters. The normalized spacial score (nSPS) is 9.92. The molecule has 0 heterocycles. The van der Waals surface area contributed by atoms with Gasteiger partial charge >= 0.3 is 5.97 Å². The molecule has 0 aromatic heterocycles. The number of aliphatic carboxylic acids is 1. The first-order valence-electron chi connectivity index (χ1n) is 3.79. The molecule has 1 rings (SSSR count). The van der Waals surface area contributed by atoms with Crippen molar-refractivity contribution in [3.63, 3.8) is 0 Å². The molecule has 0 saturated carbocycles. The van der Waals surface area contributed by atoms with Crippen molar-refractivity contribution in [3.8, 4) is 5.75 Å². The number of benzene rings is 1. The molecule has 0 radical (unpaired) electrons. The van der Waals surface area contributed by atoms with Crippen LogP contribution in [0.5, 0.6) is 5.75 Å². The van der Waals surface area contributed by atoms with Gasteiger partial charge in [-0.15, -0.1) is 0 Å². The Balaban J connectivity index is 2.68. The van der Waals surface area contributed by atoms with Gasteiger partial charge in [0.1, 0.15) is 5.75 Å². The summed E-state index contributed by atoms with van der Waals surface area (Å²) in [7, 11) is 0. The number of rotatable bonds is 3. The largest absolute Gasteiger partial charge is 0.507 e. The first kappa shape index (κ1) is 10.1. The number of hydrogen-bond donors (Lipinski definition) is 2. The van der Waals surface area contributed by atoms with Crippen molar-refractivity contribution >= 4 is 21.9 Å². The second kappa shape index (κ2) is 4.28. The van der Waals surface area contributed by atoms with Gasteiger partial charge in [0, 0.05) is 6.42 Å². The highest BCUT2D eigenvalue weighted by Crippen LogP contribution is 2.24. The number of carbonyl (C=O) groups is 1. The average Bonchev–Trinajstić information content (AvgIpc) is 2.07. The van der Waals surface area contributed by atoms with E-state index < -0.39 is 5.97 Å². The molecule has 0 unspecified atom stereocenters. The van der Waals surface area contributed by atoms with E-state index in [4.69, 9.17) is 10.2 Å². The zero-order valence-electron chi connectivity index (χ0n) is 6.83. The summed E-state index contributed by atoms with van der Waals surface area (Å²) in [6.45, 7) is 0. The van der Waals surface area contributed by atoms with E-state index in [2.05, 4.69) is 15.9 Å². The highest BCUT2D eigenvalue weighted by atomic mass is 79.9. The van der Waals surface area contributed by atoms with Crippen LogP contribution in [-0.2, 0) is 11.2 Å². The number of aryl methyl sites for hydroxylation is 1. The molecule has 0 aliphatic carbocycles. The van der Waals surface area contributed by atoms with E-state index in [1.54, 1.807) is 18.2 Å². The fraction of sp³-hybridized carbons (Fsp3) is 0.222. The Hall–Kier alpha value is -1.03. The minimum absolute atomic E-state index is 0.108. The van der Waals surface area contributed by atoms with Crippen LogP contribution in [0, 0.1) is 0 Å². The maximum absolute atomic E-state index is 10.3. The van der Waals surface area contributed by atoms with Gasteiger partial charge in [-0.05, 0) is 40.0 Å². The molecule has 2 N–H and O–H groups in total. The van der Waals surface area contributed by atoms with E-state index >= 15 is 0 Å². The summed E-state index contributed by atoms with van der Waals surface area (Å²) in [6.07, 6.45) is 0.589. The summed E-state index contributed by atoms with van der Waals surface area (Å²) in [4.78, 5) is 10.3. The van der Waals surface area contributed by atoms with Crippen LogP contribution >= 0.6 is 15.9 Å². The van der Waals surface area contributed by atoms with Gasteiger partial charge in [0.05, 0.1) is 4.47 Å². The van der Waals surface area contributed by atoms with Gasteiger partial charge in [-0.25, -0.2) is 0 Å². The highest BCUT2D eigenvalue weighted by Gasteiger charge is 2.02. The van der Waals surface area contributed by atoms with Crippen LogP contribution in [0.15, 0.2) is 22.7 Å². The Labute approximate surface area is 84.1 Å². The Morgan fingerprint density at radius 1 is 1.46 bits per heavy atom. The summed E-state index contributed by atoms with van der Waals surface area (Å²) in [5.41, 5.74) is 0.895. The van der Waals surface area contributed by atoms with E-state index in [1.807, 2.05) is 0 Å². The summed E-state index contributed by atoms with van der Waals surface area (Å²) in [5.74, 6) is -0.650. The van der Waals surface area contributed by atoms with Crippen molar-refractivity contribution in [2.75, 3.05) is 0 Å². The van der Waals surface area contributed by atoms with E-state index in [-0.39, 0.29) is 12.2 Å². The number of halogens is 1. The predicted molar refractivity (Wildman–Crippen MR) is 51.8 cm³/mol. The second-order valence-corrected chi connectivity index (χ2v) is 3.53. The van der Waals surface area contributed by atoms with Crippen molar-refractivity contribution in [1.29, 1.82) is 0 Å². The fourth-order valence-electron chi connectivity index (χ4n) is 0.957. The Morgan fingerprint density at radius 3 is 2.69 bits per heavy atom. The lowest BCUT2D eigenvalue weighted by Gasteiger charge is -2.01. The van der Waals surface area contributed by atoms with Crippen LogP contribution in [0.1, 0.15) is 12.0 Å². The Kier molecular flexibility index (Phi) is 3.31. The summed E-state index contributed by atoms with van der Waals surface area (Å²) in [6, 6.07) is 4.97. The molecule has 0 amide bonds. The number of phenols is 1. The molecule has 0 aliphatic heterocycles. The lowest BCUT2D eigenvalue weighted by molar-refractivity contribution is -0.136. The molecule has 0 saturated heterocycles. The van der Waals surface area contributed by atoms with Gasteiger partial charge in [0.15, 0.2) is 0 Å². The zero-order valence-corrected chi connectivity index (χ0v) is 8.41. The van der Waals surface area contributed by atoms with Gasteiger partial charge < -0.3 is 10.2 Å². The monoisotopic (exact) mass is 244 g/mol.